The molecule has 2 aliphatic rings. The summed E-state index contributed by atoms with van der Waals surface area (Å²) in [4.78, 5) is 13.8. The highest BCUT2D eigenvalue weighted by atomic mass is 35.5. The van der Waals surface area contributed by atoms with E-state index in [-0.39, 0.29) is 24.4 Å². The minimum atomic E-state index is -0.123. The van der Waals surface area contributed by atoms with Crippen molar-refractivity contribution >= 4 is 18.3 Å². The second kappa shape index (κ2) is 6.27. The molecule has 2 saturated heterocycles. The van der Waals surface area contributed by atoms with Crippen LogP contribution in [0.2, 0.25) is 0 Å². The molecule has 0 bridgehead atoms. The number of piperazine rings is 1. The third-order valence-corrected chi connectivity index (χ3v) is 2.65. The molecule has 0 aromatic heterocycles. The summed E-state index contributed by atoms with van der Waals surface area (Å²) in [5, 5.41) is 6.41. The highest BCUT2D eigenvalue weighted by molar-refractivity contribution is 5.85. The van der Waals surface area contributed by atoms with Gasteiger partial charge in [-0.3, -0.25) is 4.79 Å². The predicted molar refractivity (Wildman–Crippen MR) is 59.3 cm³/mol. The van der Waals surface area contributed by atoms with Gasteiger partial charge in [0.2, 0.25) is 5.91 Å². The smallest absolute Gasteiger partial charge is 0.242 e. The van der Waals surface area contributed by atoms with Crippen LogP contribution in [0.4, 0.5) is 0 Å². The van der Waals surface area contributed by atoms with Crippen molar-refractivity contribution in [3.05, 3.63) is 0 Å². The van der Waals surface area contributed by atoms with Crippen LogP contribution >= 0.6 is 12.4 Å². The number of nitrogens with zero attached hydrogens (tertiary/aromatic N) is 1. The average Bonchev–Trinajstić information content (AvgIpc) is 2.30. The summed E-state index contributed by atoms with van der Waals surface area (Å²) in [6, 6.07) is -0.123. The normalized spacial score (nSPS) is 26.9. The zero-order valence-electron chi connectivity index (χ0n) is 8.70. The van der Waals surface area contributed by atoms with E-state index in [1.807, 2.05) is 4.90 Å². The van der Waals surface area contributed by atoms with Crippen LogP contribution in [0.3, 0.4) is 0 Å². The van der Waals surface area contributed by atoms with Crippen molar-refractivity contribution in [2.45, 2.75) is 6.04 Å². The highest BCUT2D eigenvalue weighted by Crippen LogP contribution is 2.01. The molecule has 5 nitrogen and oxygen atoms in total. The summed E-state index contributed by atoms with van der Waals surface area (Å²) in [5.74, 6) is 0.186. The van der Waals surface area contributed by atoms with Crippen LogP contribution in [-0.4, -0.2) is 62.8 Å². The maximum absolute atomic E-state index is 11.9. The molecule has 2 aliphatic heterocycles. The molecule has 0 aromatic rings. The highest BCUT2D eigenvalue weighted by Gasteiger charge is 2.26. The van der Waals surface area contributed by atoms with Crippen molar-refractivity contribution in [1.82, 2.24) is 15.5 Å². The Morgan fingerprint density at radius 1 is 1.27 bits per heavy atom. The van der Waals surface area contributed by atoms with Gasteiger partial charge in [0.25, 0.3) is 0 Å². The topological polar surface area (TPSA) is 53.6 Å². The van der Waals surface area contributed by atoms with Crippen molar-refractivity contribution in [3.63, 3.8) is 0 Å². The SMILES string of the molecule is Cl.O=C([C@H]1COCCN1)N1CCNCC1. The number of nitrogens with one attached hydrogen (secondary N) is 2. The Balaban J connectivity index is 0.00000112. The van der Waals surface area contributed by atoms with Gasteiger partial charge in [-0.15, -0.1) is 12.4 Å². The van der Waals surface area contributed by atoms with Gasteiger partial charge in [-0.1, -0.05) is 0 Å². The van der Waals surface area contributed by atoms with Crippen LogP contribution in [0, 0.1) is 0 Å². The lowest BCUT2D eigenvalue weighted by molar-refractivity contribution is -0.136. The zero-order valence-corrected chi connectivity index (χ0v) is 9.52. The van der Waals surface area contributed by atoms with E-state index < -0.39 is 0 Å². The van der Waals surface area contributed by atoms with Crippen LogP contribution in [0.5, 0.6) is 0 Å². The van der Waals surface area contributed by atoms with Gasteiger partial charge in [0.1, 0.15) is 6.04 Å². The van der Waals surface area contributed by atoms with Gasteiger partial charge in [0, 0.05) is 32.7 Å². The van der Waals surface area contributed by atoms with Crippen molar-refractivity contribution in [3.8, 4) is 0 Å². The molecule has 1 atom stereocenters. The number of carbonyl (C=O) groups is 1. The molecular weight excluding hydrogens is 218 g/mol. The van der Waals surface area contributed by atoms with Crippen molar-refractivity contribution < 1.29 is 9.53 Å². The average molecular weight is 236 g/mol. The Bertz CT molecular complexity index is 184. The first-order valence-corrected chi connectivity index (χ1v) is 5.18. The number of rotatable bonds is 1. The van der Waals surface area contributed by atoms with E-state index in [0.717, 1.165) is 32.7 Å². The molecule has 15 heavy (non-hydrogen) atoms. The lowest BCUT2D eigenvalue weighted by Gasteiger charge is -2.32. The standard InChI is InChI=1S/C9H17N3O2.ClH/c13-9(8-7-14-6-3-11-8)12-4-1-10-2-5-12;/h8,10-11H,1-7H2;1H/t8-;/m1./s1. The minimum Gasteiger partial charge on any atom is -0.378 e. The molecule has 2 heterocycles. The van der Waals surface area contributed by atoms with Gasteiger partial charge in [-0.25, -0.2) is 0 Å². The van der Waals surface area contributed by atoms with Crippen molar-refractivity contribution in [2.75, 3.05) is 45.9 Å². The first kappa shape index (κ1) is 12.7. The molecule has 0 aliphatic carbocycles. The van der Waals surface area contributed by atoms with Crippen LogP contribution in [0.15, 0.2) is 0 Å². The zero-order chi connectivity index (χ0) is 9.80. The minimum absolute atomic E-state index is 0. The fourth-order valence-corrected chi connectivity index (χ4v) is 1.83. The Morgan fingerprint density at radius 2 is 2.00 bits per heavy atom. The van der Waals surface area contributed by atoms with E-state index >= 15 is 0 Å². The Kier molecular flexibility index (Phi) is 5.31. The van der Waals surface area contributed by atoms with Crippen LogP contribution in [-0.2, 0) is 9.53 Å². The van der Waals surface area contributed by atoms with Crippen LogP contribution in [0.1, 0.15) is 0 Å². The Labute approximate surface area is 95.9 Å². The molecule has 2 rings (SSSR count). The summed E-state index contributed by atoms with van der Waals surface area (Å²) < 4.78 is 5.27. The second-order valence-corrected chi connectivity index (χ2v) is 3.66. The number of hydrogen-bond donors (Lipinski definition) is 2. The van der Waals surface area contributed by atoms with Crippen LogP contribution < -0.4 is 10.6 Å². The van der Waals surface area contributed by atoms with Gasteiger partial charge >= 0.3 is 0 Å². The number of halogens is 1. The quantitative estimate of drug-likeness (QED) is 0.602. The van der Waals surface area contributed by atoms with Crippen LogP contribution in [0.25, 0.3) is 0 Å². The lowest BCUT2D eigenvalue weighted by Crippen LogP contribution is -2.56. The number of morpholine rings is 1. The maximum atomic E-state index is 11.9. The van der Waals surface area contributed by atoms with Gasteiger partial charge in [-0.2, -0.15) is 0 Å². The Morgan fingerprint density at radius 3 is 2.60 bits per heavy atom. The first-order chi connectivity index (χ1) is 6.88. The third-order valence-electron chi connectivity index (χ3n) is 2.65. The molecule has 2 fully saturated rings. The molecule has 0 saturated carbocycles. The van der Waals surface area contributed by atoms with Crippen molar-refractivity contribution in [2.24, 2.45) is 0 Å². The molecule has 0 aromatic carbocycles. The molecule has 0 radical (unpaired) electrons. The van der Waals surface area contributed by atoms with E-state index in [1.165, 1.54) is 0 Å². The lowest BCUT2D eigenvalue weighted by atomic mass is 10.2. The third kappa shape index (κ3) is 3.31. The summed E-state index contributed by atoms with van der Waals surface area (Å²) in [5.41, 5.74) is 0. The fourth-order valence-electron chi connectivity index (χ4n) is 1.83. The maximum Gasteiger partial charge on any atom is 0.242 e. The van der Waals surface area contributed by atoms with Gasteiger partial charge < -0.3 is 20.3 Å². The fraction of sp³-hybridized carbons (Fsp3) is 0.889. The van der Waals surface area contributed by atoms with E-state index in [9.17, 15) is 4.79 Å². The van der Waals surface area contributed by atoms with Gasteiger partial charge in [0.05, 0.1) is 13.2 Å². The van der Waals surface area contributed by atoms with E-state index in [0.29, 0.717) is 13.2 Å². The van der Waals surface area contributed by atoms with Crippen molar-refractivity contribution in [1.29, 1.82) is 0 Å². The summed E-state index contributed by atoms with van der Waals surface area (Å²) >= 11 is 0. The monoisotopic (exact) mass is 235 g/mol. The van der Waals surface area contributed by atoms with E-state index in [2.05, 4.69) is 10.6 Å². The molecular formula is C9H18ClN3O2. The molecule has 2 N–H and O–H groups in total. The molecule has 1 amide bonds. The molecule has 6 heteroatoms. The summed E-state index contributed by atoms with van der Waals surface area (Å²) in [6.45, 7) is 5.45. The number of ether oxygens (including phenoxy) is 1. The molecule has 88 valence electrons. The predicted octanol–water partition coefficient (Wildman–Crippen LogP) is -1.17. The first-order valence-electron chi connectivity index (χ1n) is 5.18. The Hall–Kier alpha value is -0.360. The van der Waals surface area contributed by atoms with E-state index in [4.69, 9.17) is 4.74 Å². The van der Waals surface area contributed by atoms with E-state index in [1.54, 1.807) is 0 Å². The molecule has 0 unspecified atom stereocenters. The largest absolute Gasteiger partial charge is 0.378 e. The summed E-state index contributed by atoms with van der Waals surface area (Å²) in [6.07, 6.45) is 0. The number of amides is 1. The second-order valence-electron chi connectivity index (χ2n) is 3.66. The summed E-state index contributed by atoms with van der Waals surface area (Å²) in [7, 11) is 0. The van der Waals surface area contributed by atoms with Gasteiger partial charge in [0.15, 0.2) is 0 Å². The van der Waals surface area contributed by atoms with Gasteiger partial charge in [-0.05, 0) is 0 Å². The number of carbonyl (C=O) groups excluding carboxylic acids is 1. The molecule has 0 spiro atoms. The number of hydrogen-bond acceptors (Lipinski definition) is 4.